The lowest BCUT2D eigenvalue weighted by Crippen LogP contribution is -2.23. The SMILES string of the molecule is CCCCCCCCc1ccc2c(c1)C(=O)c1nc3cc(N(C)CCO)ccc3c(=O)n1-2. The summed E-state index contributed by atoms with van der Waals surface area (Å²) in [6, 6.07) is 11.2. The maximum Gasteiger partial charge on any atom is 0.266 e. The summed E-state index contributed by atoms with van der Waals surface area (Å²) < 4.78 is 1.45. The summed E-state index contributed by atoms with van der Waals surface area (Å²) in [4.78, 5) is 32.8. The van der Waals surface area contributed by atoms with Gasteiger partial charge in [0.15, 0.2) is 5.82 Å². The molecule has 0 atom stereocenters. The van der Waals surface area contributed by atoms with Crippen molar-refractivity contribution in [3.05, 3.63) is 63.7 Å². The molecule has 6 nitrogen and oxygen atoms in total. The average Bonchev–Trinajstić information content (AvgIpc) is 3.07. The van der Waals surface area contributed by atoms with Crippen molar-refractivity contribution in [1.82, 2.24) is 9.55 Å². The van der Waals surface area contributed by atoms with Crippen LogP contribution in [-0.4, -0.2) is 40.6 Å². The van der Waals surface area contributed by atoms with Gasteiger partial charge < -0.3 is 10.0 Å². The number of likely N-dealkylation sites (N-methyl/N-ethyl adjacent to an activating group) is 1. The van der Waals surface area contributed by atoms with Gasteiger partial charge in [0.1, 0.15) is 0 Å². The first kappa shape index (κ1) is 22.2. The van der Waals surface area contributed by atoms with Gasteiger partial charge in [-0.3, -0.25) is 14.2 Å². The second-order valence-electron chi connectivity index (χ2n) is 8.62. The first-order chi connectivity index (χ1) is 15.5. The number of rotatable bonds is 10. The van der Waals surface area contributed by atoms with Crippen LogP contribution >= 0.6 is 0 Å². The highest BCUT2D eigenvalue weighted by molar-refractivity contribution is 6.13. The summed E-state index contributed by atoms with van der Waals surface area (Å²) in [6.07, 6.45) is 8.32. The zero-order chi connectivity index (χ0) is 22.7. The van der Waals surface area contributed by atoms with Gasteiger partial charge >= 0.3 is 0 Å². The fourth-order valence-electron chi connectivity index (χ4n) is 4.41. The van der Waals surface area contributed by atoms with E-state index < -0.39 is 0 Å². The van der Waals surface area contributed by atoms with Crippen LogP contribution in [0.4, 0.5) is 5.69 Å². The van der Waals surface area contributed by atoms with Crippen LogP contribution in [0.2, 0.25) is 0 Å². The van der Waals surface area contributed by atoms with Gasteiger partial charge in [-0.2, -0.15) is 0 Å². The lowest BCUT2D eigenvalue weighted by atomic mass is 10.0. The summed E-state index contributed by atoms with van der Waals surface area (Å²) in [5.41, 5.74) is 3.43. The Morgan fingerprint density at radius 3 is 2.56 bits per heavy atom. The molecule has 1 aliphatic heterocycles. The molecule has 0 bridgehead atoms. The standard InChI is InChI=1S/C26H31N3O3/c1-3-4-5-6-7-8-9-18-10-13-23-21(16-18)24(31)25-27-22-17-19(28(2)14-15-30)11-12-20(22)26(32)29(23)25/h10-13,16-17,30H,3-9,14-15H2,1-2H3. The number of ketones is 1. The fourth-order valence-corrected chi connectivity index (χ4v) is 4.41. The van der Waals surface area contributed by atoms with E-state index in [-0.39, 0.29) is 23.8 Å². The Bertz CT molecular complexity index is 1200. The molecule has 0 amide bonds. The second kappa shape index (κ2) is 9.65. The van der Waals surface area contributed by atoms with E-state index in [4.69, 9.17) is 0 Å². The molecule has 0 spiro atoms. The molecular formula is C26H31N3O3. The largest absolute Gasteiger partial charge is 0.395 e. The number of fused-ring (bicyclic) bond motifs is 4. The van der Waals surface area contributed by atoms with Gasteiger partial charge in [-0.1, -0.05) is 45.1 Å². The summed E-state index contributed by atoms with van der Waals surface area (Å²) in [5.74, 6) is -0.0194. The van der Waals surface area contributed by atoms with Gasteiger partial charge in [-0.15, -0.1) is 0 Å². The molecule has 1 N–H and O–H groups in total. The van der Waals surface area contributed by atoms with E-state index in [1.54, 1.807) is 12.1 Å². The Kier molecular flexibility index (Phi) is 6.70. The van der Waals surface area contributed by atoms with Gasteiger partial charge in [0, 0.05) is 19.3 Å². The number of nitrogens with zero attached hydrogens (tertiary/aromatic N) is 3. The Hall–Kier alpha value is -2.99. The van der Waals surface area contributed by atoms with E-state index in [1.165, 1.54) is 36.7 Å². The van der Waals surface area contributed by atoms with E-state index in [2.05, 4.69) is 11.9 Å². The van der Waals surface area contributed by atoms with Crippen molar-refractivity contribution in [1.29, 1.82) is 0 Å². The van der Waals surface area contributed by atoms with Crippen molar-refractivity contribution in [2.75, 3.05) is 25.1 Å². The maximum absolute atomic E-state index is 13.2. The monoisotopic (exact) mass is 433 g/mol. The van der Waals surface area contributed by atoms with E-state index in [0.717, 1.165) is 24.1 Å². The number of hydrogen-bond acceptors (Lipinski definition) is 5. The van der Waals surface area contributed by atoms with Gasteiger partial charge in [0.05, 0.1) is 28.8 Å². The number of aromatic nitrogens is 2. The van der Waals surface area contributed by atoms with Crippen LogP contribution in [0.1, 0.15) is 67.2 Å². The predicted molar refractivity (Wildman–Crippen MR) is 128 cm³/mol. The lowest BCUT2D eigenvalue weighted by Gasteiger charge is -2.18. The minimum atomic E-state index is -0.225. The van der Waals surface area contributed by atoms with Crippen LogP contribution in [0.5, 0.6) is 0 Å². The Balaban J connectivity index is 1.61. The normalized spacial score (nSPS) is 12.3. The molecule has 168 valence electrons. The smallest absolute Gasteiger partial charge is 0.266 e. The predicted octanol–water partition coefficient (Wildman–Crippen LogP) is 4.26. The third kappa shape index (κ3) is 4.19. The van der Waals surface area contributed by atoms with Crippen LogP contribution in [0.15, 0.2) is 41.2 Å². The molecule has 0 saturated heterocycles. The summed E-state index contributed by atoms with van der Waals surface area (Å²) >= 11 is 0. The minimum Gasteiger partial charge on any atom is -0.395 e. The molecule has 0 unspecified atom stereocenters. The third-order valence-corrected chi connectivity index (χ3v) is 6.30. The van der Waals surface area contributed by atoms with Crippen LogP contribution < -0.4 is 10.5 Å². The Morgan fingerprint density at radius 1 is 1.00 bits per heavy atom. The number of aliphatic hydroxyl groups excluding tert-OH is 1. The molecule has 2 aromatic carbocycles. The number of carbonyl (C=O) groups is 1. The minimum absolute atomic E-state index is 0.0314. The number of anilines is 1. The van der Waals surface area contributed by atoms with Crippen LogP contribution in [0.3, 0.4) is 0 Å². The van der Waals surface area contributed by atoms with Crippen molar-refractivity contribution in [2.45, 2.75) is 51.9 Å². The molecule has 6 heteroatoms. The Morgan fingerprint density at radius 2 is 1.78 bits per heavy atom. The van der Waals surface area contributed by atoms with Gasteiger partial charge in [0.25, 0.3) is 5.56 Å². The Labute approximate surface area is 188 Å². The molecule has 2 heterocycles. The fraction of sp³-hybridized carbons (Fsp3) is 0.423. The number of aliphatic hydroxyl groups is 1. The lowest BCUT2D eigenvalue weighted by molar-refractivity contribution is 0.103. The number of aryl methyl sites for hydroxylation is 1. The molecule has 1 aliphatic rings. The topological polar surface area (TPSA) is 75.4 Å². The average molecular weight is 434 g/mol. The first-order valence-corrected chi connectivity index (χ1v) is 11.6. The van der Waals surface area contributed by atoms with Crippen LogP contribution in [0, 0.1) is 0 Å². The molecule has 0 fully saturated rings. The number of unbranched alkanes of at least 4 members (excludes halogenated alkanes) is 5. The van der Waals surface area contributed by atoms with Crippen molar-refractivity contribution in [2.24, 2.45) is 0 Å². The van der Waals surface area contributed by atoms with Crippen molar-refractivity contribution in [3.63, 3.8) is 0 Å². The maximum atomic E-state index is 13.2. The number of benzene rings is 2. The highest BCUT2D eigenvalue weighted by Crippen LogP contribution is 2.28. The summed E-state index contributed by atoms with van der Waals surface area (Å²) in [5, 5.41) is 9.66. The van der Waals surface area contributed by atoms with E-state index in [1.807, 2.05) is 36.2 Å². The molecular weight excluding hydrogens is 402 g/mol. The van der Waals surface area contributed by atoms with Crippen molar-refractivity contribution in [3.8, 4) is 5.69 Å². The zero-order valence-corrected chi connectivity index (χ0v) is 18.9. The molecule has 0 radical (unpaired) electrons. The summed E-state index contributed by atoms with van der Waals surface area (Å²) in [6.45, 7) is 2.72. The molecule has 0 aliphatic carbocycles. The molecule has 1 aromatic heterocycles. The third-order valence-electron chi connectivity index (χ3n) is 6.30. The van der Waals surface area contributed by atoms with E-state index in [9.17, 15) is 14.7 Å². The molecule has 32 heavy (non-hydrogen) atoms. The highest BCUT2D eigenvalue weighted by Gasteiger charge is 2.30. The van der Waals surface area contributed by atoms with E-state index in [0.29, 0.717) is 28.7 Å². The first-order valence-electron chi connectivity index (χ1n) is 11.6. The highest BCUT2D eigenvalue weighted by atomic mass is 16.3. The van der Waals surface area contributed by atoms with Gasteiger partial charge in [-0.05, 0) is 48.7 Å². The van der Waals surface area contributed by atoms with Gasteiger partial charge in [-0.25, -0.2) is 4.98 Å². The van der Waals surface area contributed by atoms with E-state index >= 15 is 0 Å². The second-order valence-corrected chi connectivity index (χ2v) is 8.62. The van der Waals surface area contributed by atoms with Gasteiger partial charge in [0.2, 0.25) is 5.78 Å². The molecule has 3 aromatic rings. The van der Waals surface area contributed by atoms with Crippen LogP contribution in [0.25, 0.3) is 16.6 Å². The van der Waals surface area contributed by atoms with Crippen molar-refractivity contribution >= 4 is 22.4 Å². The zero-order valence-electron chi connectivity index (χ0n) is 18.9. The van der Waals surface area contributed by atoms with Crippen LogP contribution in [-0.2, 0) is 6.42 Å². The summed E-state index contributed by atoms with van der Waals surface area (Å²) in [7, 11) is 1.87. The quantitative estimate of drug-likeness (QED) is 0.378. The number of hydrogen-bond donors (Lipinski definition) is 1. The van der Waals surface area contributed by atoms with Crippen molar-refractivity contribution < 1.29 is 9.90 Å². The molecule has 4 rings (SSSR count). The molecule has 0 saturated carbocycles. The number of carbonyl (C=O) groups excluding carboxylic acids is 1.